The summed E-state index contributed by atoms with van der Waals surface area (Å²) in [5.74, 6) is -0.510. The number of methoxy groups -OCH3 is 1. The fourth-order valence-electron chi connectivity index (χ4n) is 2.06. The van der Waals surface area contributed by atoms with Crippen LogP contribution < -0.4 is 11.2 Å². The minimum atomic E-state index is -0.510. The van der Waals surface area contributed by atoms with Crippen LogP contribution in [0.5, 0.6) is 0 Å². The van der Waals surface area contributed by atoms with Crippen molar-refractivity contribution < 1.29 is 15.0 Å². The summed E-state index contributed by atoms with van der Waals surface area (Å²) in [6, 6.07) is 12.0. The molecule has 5 nitrogen and oxygen atoms in total. The van der Waals surface area contributed by atoms with E-state index < -0.39 is 5.97 Å². The molecule has 6 heteroatoms. The van der Waals surface area contributed by atoms with Crippen LogP contribution in [0.1, 0.15) is 15.9 Å². The Morgan fingerprint density at radius 3 is 2.57 bits per heavy atom. The molecule has 2 rings (SSSR count). The molecule has 4 N–H and O–H groups in total. The van der Waals surface area contributed by atoms with Crippen molar-refractivity contribution in [2.75, 3.05) is 7.11 Å². The molecule has 0 bridgehead atoms. The Hall–Kier alpha value is -2.28. The highest BCUT2D eigenvalue weighted by molar-refractivity contribution is 7.80. The molecule has 0 saturated heterocycles. The Labute approximate surface area is 127 Å². The normalized spacial score (nSPS) is 10.2. The second kappa shape index (κ2) is 6.45. The van der Waals surface area contributed by atoms with Crippen LogP contribution in [0, 0.1) is 5.21 Å². The van der Waals surface area contributed by atoms with E-state index in [4.69, 9.17) is 22.7 Å². The highest BCUT2D eigenvalue weighted by Crippen LogP contribution is 2.29. The van der Waals surface area contributed by atoms with Crippen LogP contribution in [0.4, 0.5) is 5.69 Å². The van der Waals surface area contributed by atoms with Gasteiger partial charge in [0.1, 0.15) is 10.7 Å². The van der Waals surface area contributed by atoms with E-state index in [1.54, 1.807) is 42.5 Å². The maximum Gasteiger partial charge on any atom is 0.338 e. The molecule has 0 amide bonds. The number of nitrogens with two attached hydrogens (primary N) is 2. The third-order valence-corrected chi connectivity index (χ3v) is 3.32. The van der Waals surface area contributed by atoms with Crippen LogP contribution in [-0.2, 0) is 4.74 Å². The second-order valence-electron chi connectivity index (χ2n) is 4.32. The summed E-state index contributed by atoms with van der Waals surface area (Å²) in [6.45, 7) is 0. The predicted octanol–water partition coefficient (Wildman–Crippen LogP) is 1.47. The van der Waals surface area contributed by atoms with Crippen molar-refractivity contribution >= 4 is 28.9 Å². The zero-order valence-electron chi connectivity index (χ0n) is 11.3. The molecular weight excluding hydrogens is 288 g/mol. The first-order valence-corrected chi connectivity index (χ1v) is 6.56. The summed E-state index contributed by atoms with van der Waals surface area (Å²) >= 11 is 4.92. The monoisotopic (exact) mass is 302 g/mol. The lowest BCUT2D eigenvalue weighted by molar-refractivity contribution is -0.496. The molecule has 0 saturated carbocycles. The Kier molecular flexibility index (Phi) is 4.64. The van der Waals surface area contributed by atoms with Gasteiger partial charge >= 0.3 is 5.97 Å². The number of quaternary nitrogens is 1. The van der Waals surface area contributed by atoms with Gasteiger partial charge in [-0.3, -0.25) is 0 Å². The summed E-state index contributed by atoms with van der Waals surface area (Å²) in [5.41, 5.74) is 8.97. The molecular formula is C15H14N2O3S. The van der Waals surface area contributed by atoms with Crippen LogP contribution in [0.25, 0.3) is 11.1 Å². The van der Waals surface area contributed by atoms with Gasteiger partial charge in [0, 0.05) is 16.7 Å². The Morgan fingerprint density at radius 1 is 1.24 bits per heavy atom. The average molecular weight is 302 g/mol. The number of thiocarbonyl (C=S) groups is 1. The molecule has 2 aromatic carbocycles. The fourth-order valence-corrected chi connectivity index (χ4v) is 2.18. The van der Waals surface area contributed by atoms with Gasteiger partial charge in [0.2, 0.25) is 0 Å². The lowest BCUT2D eigenvalue weighted by Gasteiger charge is -2.13. The highest BCUT2D eigenvalue weighted by Gasteiger charge is 2.17. The molecule has 0 unspecified atom stereocenters. The SMILES string of the molecule is COC(=O)c1cc(C(N)=S)ccc1-c1ccccc1[NH2+][O-]. The van der Waals surface area contributed by atoms with E-state index in [-0.39, 0.29) is 4.99 Å². The summed E-state index contributed by atoms with van der Waals surface area (Å²) in [7, 11) is 1.30. The molecule has 0 fully saturated rings. The van der Waals surface area contributed by atoms with Crippen molar-refractivity contribution in [2.45, 2.75) is 0 Å². The number of hydrogen-bond acceptors (Lipinski definition) is 4. The number of ether oxygens (including phenoxy) is 1. The van der Waals surface area contributed by atoms with Gasteiger partial charge < -0.3 is 21.2 Å². The van der Waals surface area contributed by atoms with Gasteiger partial charge in [-0.25, -0.2) is 4.79 Å². The summed E-state index contributed by atoms with van der Waals surface area (Å²) in [5, 5.41) is 11.2. The number of esters is 1. The van der Waals surface area contributed by atoms with Gasteiger partial charge in [0.25, 0.3) is 0 Å². The Morgan fingerprint density at radius 2 is 1.95 bits per heavy atom. The molecule has 108 valence electrons. The number of carbonyl (C=O) groups is 1. The maximum absolute atomic E-state index is 12.0. The van der Waals surface area contributed by atoms with Crippen molar-refractivity contribution in [1.29, 1.82) is 0 Å². The van der Waals surface area contributed by atoms with E-state index >= 15 is 0 Å². The third-order valence-electron chi connectivity index (χ3n) is 3.09. The van der Waals surface area contributed by atoms with Crippen LogP contribution >= 0.6 is 12.2 Å². The first-order chi connectivity index (χ1) is 10.1. The lowest BCUT2D eigenvalue weighted by Crippen LogP contribution is -2.70. The van der Waals surface area contributed by atoms with Gasteiger partial charge in [-0.15, -0.1) is 0 Å². The van der Waals surface area contributed by atoms with E-state index in [0.29, 0.717) is 27.9 Å². The van der Waals surface area contributed by atoms with E-state index in [1.165, 1.54) is 7.11 Å². The standard InChI is InChI=1S/C15H14N2O3S/c1-20-15(18)12-8-9(14(16)21)6-7-10(12)11-4-2-3-5-13(11)17-19/h2-8H,17H2,1H3,(H2,16,21). The van der Waals surface area contributed by atoms with Gasteiger partial charge in [-0.05, 0) is 18.2 Å². The van der Waals surface area contributed by atoms with E-state index in [1.807, 2.05) is 0 Å². The first-order valence-electron chi connectivity index (χ1n) is 6.15. The van der Waals surface area contributed by atoms with Crippen molar-refractivity contribution in [1.82, 2.24) is 0 Å². The molecule has 2 aromatic rings. The topological polar surface area (TPSA) is 92.0 Å². The van der Waals surface area contributed by atoms with E-state index in [9.17, 15) is 10.0 Å². The summed E-state index contributed by atoms with van der Waals surface area (Å²) in [6.07, 6.45) is 0. The van der Waals surface area contributed by atoms with Gasteiger partial charge in [0.15, 0.2) is 0 Å². The Balaban J connectivity index is 2.67. The average Bonchev–Trinajstić information content (AvgIpc) is 2.53. The number of benzene rings is 2. The van der Waals surface area contributed by atoms with Crippen molar-refractivity contribution in [3.63, 3.8) is 0 Å². The fraction of sp³-hybridized carbons (Fsp3) is 0.0667. The minimum absolute atomic E-state index is 0.190. The first kappa shape index (κ1) is 15.1. The lowest BCUT2D eigenvalue weighted by atomic mass is 9.96. The largest absolute Gasteiger partial charge is 0.630 e. The molecule has 0 atom stereocenters. The van der Waals surface area contributed by atoms with Gasteiger partial charge in [0.05, 0.1) is 12.7 Å². The number of hydrogen-bond donors (Lipinski definition) is 2. The van der Waals surface area contributed by atoms with Crippen LogP contribution in [0.15, 0.2) is 42.5 Å². The van der Waals surface area contributed by atoms with Gasteiger partial charge in [-0.2, -0.15) is 0 Å². The summed E-state index contributed by atoms with van der Waals surface area (Å²) in [4.78, 5) is 12.2. The maximum atomic E-state index is 12.0. The second-order valence-corrected chi connectivity index (χ2v) is 4.76. The molecule has 0 aliphatic heterocycles. The molecule has 0 heterocycles. The molecule has 0 radical (unpaired) electrons. The number of rotatable bonds is 4. The van der Waals surface area contributed by atoms with E-state index in [2.05, 4.69) is 0 Å². The smallest absolute Gasteiger partial charge is 0.338 e. The predicted molar refractivity (Wildman–Crippen MR) is 84.1 cm³/mol. The summed E-state index contributed by atoms with van der Waals surface area (Å²) < 4.78 is 4.80. The minimum Gasteiger partial charge on any atom is -0.630 e. The van der Waals surface area contributed by atoms with Gasteiger partial charge in [-0.1, -0.05) is 36.5 Å². The zero-order valence-corrected chi connectivity index (χ0v) is 12.1. The van der Waals surface area contributed by atoms with E-state index in [0.717, 1.165) is 5.48 Å². The molecule has 0 aromatic heterocycles. The van der Waals surface area contributed by atoms with Crippen molar-refractivity contribution in [2.24, 2.45) is 5.73 Å². The number of carbonyl (C=O) groups excluding carboxylic acids is 1. The molecule has 0 aliphatic carbocycles. The quantitative estimate of drug-likeness (QED) is 0.386. The molecule has 0 aliphatic rings. The van der Waals surface area contributed by atoms with Crippen molar-refractivity contribution in [3.05, 3.63) is 58.8 Å². The van der Waals surface area contributed by atoms with Crippen LogP contribution in [0.3, 0.4) is 0 Å². The zero-order chi connectivity index (χ0) is 15.4. The highest BCUT2D eigenvalue weighted by atomic mass is 32.1. The van der Waals surface area contributed by atoms with Crippen LogP contribution in [-0.4, -0.2) is 18.1 Å². The molecule has 0 spiro atoms. The van der Waals surface area contributed by atoms with Crippen molar-refractivity contribution in [3.8, 4) is 11.1 Å². The van der Waals surface area contributed by atoms with Crippen LogP contribution in [0.2, 0.25) is 0 Å². The Bertz CT molecular complexity index is 701. The third kappa shape index (κ3) is 3.08. The molecule has 21 heavy (non-hydrogen) atoms.